The summed E-state index contributed by atoms with van der Waals surface area (Å²) in [5.41, 5.74) is 2.83. The van der Waals surface area contributed by atoms with E-state index in [-0.39, 0.29) is 0 Å². The zero-order valence-corrected chi connectivity index (χ0v) is 12.3. The molecule has 0 amide bonds. The molecule has 2 rings (SSSR count). The van der Waals surface area contributed by atoms with E-state index in [1.807, 2.05) is 37.3 Å². The zero-order valence-electron chi connectivity index (χ0n) is 12.3. The molecule has 3 nitrogen and oxygen atoms in total. The van der Waals surface area contributed by atoms with Crippen LogP contribution in [0.1, 0.15) is 30.9 Å². The number of rotatable bonds is 7. The van der Waals surface area contributed by atoms with E-state index < -0.39 is 0 Å². The molecule has 3 heteroatoms. The van der Waals surface area contributed by atoms with Gasteiger partial charge in [0.05, 0.1) is 12.3 Å². The summed E-state index contributed by atoms with van der Waals surface area (Å²) < 4.78 is 5.85. The third-order valence-electron chi connectivity index (χ3n) is 3.36. The van der Waals surface area contributed by atoms with Crippen LogP contribution in [0.4, 0.5) is 0 Å². The molecule has 0 unspecified atom stereocenters. The predicted molar refractivity (Wildman–Crippen MR) is 85.3 cm³/mol. The van der Waals surface area contributed by atoms with Gasteiger partial charge in [0.25, 0.3) is 0 Å². The summed E-state index contributed by atoms with van der Waals surface area (Å²) in [7, 11) is 0. The molecule has 0 radical (unpaired) electrons. The van der Waals surface area contributed by atoms with Crippen LogP contribution in [0.25, 0.3) is 0 Å². The Hall–Kier alpha value is -2.29. The van der Waals surface area contributed by atoms with Crippen LogP contribution in [0.2, 0.25) is 0 Å². The van der Waals surface area contributed by atoms with Crippen molar-refractivity contribution in [3.63, 3.8) is 0 Å². The first-order valence-electron chi connectivity index (χ1n) is 7.32. The van der Waals surface area contributed by atoms with Gasteiger partial charge in [0.15, 0.2) is 0 Å². The number of aryl methyl sites for hydroxylation is 1. The highest BCUT2D eigenvalue weighted by Gasteiger charge is 2.08. The molecule has 0 aliphatic heterocycles. The van der Waals surface area contributed by atoms with Gasteiger partial charge in [-0.25, -0.2) is 0 Å². The normalized spacial score (nSPS) is 11.4. The van der Waals surface area contributed by atoms with Gasteiger partial charge >= 0.3 is 0 Å². The quantitative estimate of drug-likeness (QED) is 0.356. The minimum absolute atomic E-state index is 0.647. The van der Waals surface area contributed by atoms with Crippen LogP contribution in [-0.4, -0.2) is 17.5 Å². The van der Waals surface area contributed by atoms with Crippen molar-refractivity contribution >= 4 is 5.71 Å². The highest BCUT2D eigenvalue weighted by molar-refractivity contribution is 6.02. The third-order valence-corrected chi connectivity index (χ3v) is 3.36. The maximum Gasteiger partial charge on any atom is 0.128 e. The molecular weight excluding hydrogens is 262 g/mol. The number of benzene rings is 2. The molecule has 110 valence electrons. The molecule has 0 saturated heterocycles. The first-order valence-corrected chi connectivity index (χ1v) is 7.32. The topological polar surface area (TPSA) is 41.8 Å². The highest BCUT2D eigenvalue weighted by atomic mass is 16.5. The van der Waals surface area contributed by atoms with E-state index in [0.717, 1.165) is 24.2 Å². The van der Waals surface area contributed by atoms with Crippen molar-refractivity contribution in [1.29, 1.82) is 0 Å². The van der Waals surface area contributed by atoms with Crippen molar-refractivity contribution in [1.82, 2.24) is 0 Å². The zero-order chi connectivity index (χ0) is 14.9. The molecule has 0 saturated carbocycles. The Labute approximate surface area is 125 Å². The van der Waals surface area contributed by atoms with Gasteiger partial charge in [-0.05, 0) is 37.0 Å². The number of oxime groups is 1. The lowest BCUT2D eigenvalue weighted by atomic mass is 10.1. The standard InChI is InChI=1S/C18H21NO2/c1-2-17(19-20)16-12-6-7-13-18(16)21-14-8-11-15-9-4-3-5-10-15/h3-7,9-10,12-13,20H,2,8,11,14H2,1H3/b19-17+. The van der Waals surface area contributed by atoms with Crippen molar-refractivity contribution in [3.05, 3.63) is 65.7 Å². The molecule has 2 aromatic carbocycles. The fourth-order valence-electron chi connectivity index (χ4n) is 2.25. The van der Waals surface area contributed by atoms with Crippen molar-refractivity contribution < 1.29 is 9.94 Å². The monoisotopic (exact) mass is 283 g/mol. The summed E-state index contributed by atoms with van der Waals surface area (Å²) in [5, 5.41) is 12.4. The number of hydrogen-bond donors (Lipinski definition) is 1. The van der Waals surface area contributed by atoms with E-state index in [4.69, 9.17) is 9.94 Å². The largest absolute Gasteiger partial charge is 0.493 e. The van der Waals surface area contributed by atoms with Gasteiger partial charge in [-0.3, -0.25) is 0 Å². The van der Waals surface area contributed by atoms with E-state index in [9.17, 15) is 0 Å². The maximum atomic E-state index is 9.06. The smallest absolute Gasteiger partial charge is 0.128 e. The summed E-state index contributed by atoms with van der Waals surface area (Å²) in [6, 6.07) is 18.1. The summed E-state index contributed by atoms with van der Waals surface area (Å²) in [6.07, 6.45) is 2.62. The SMILES string of the molecule is CC/C(=N\O)c1ccccc1OCCCc1ccccc1. The van der Waals surface area contributed by atoms with E-state index in [2.05, 4.69) is 29.4 Å². The van der Waals surface area contributed by atoms with Gasteiger partial charge in [-0.2, -0.15) is 0 Å². The molecule has 0 aliphatic rings. The second-order valence-corrected chi connectivity index (χ2v) is 4.83. The van der Waals surface area contributed by atoms with Crippen LogP contribution >= 0.6 is 0 Å². The number of para-hydroxylation sites is 1. The Kier molecular flexibility index (Phi) is 5.83. The molecule has 1 N–H and O–H groups in total. The Morgan fingerprint density at radius 2 is 1.76 bits per heavy atom. The fourth-order valence-corrected chi connectivity index (χ4v) is 2.25. The first kappa shape index (κ1) is 15.1. The molecule has 0 heterocycles. The molecule has 0 fully saturated rings. The highest BCUT2D eigenvalue weighted by Crippen LogP contribution is 2.20. The Balaban J connectivity index is 1.91. The Bertz CT molecular complexity index is 579. The van der Waals surface area contributed by atoms with Gasteiger partial charge in [0.2, 0.25) is 0 Å². The molecule has 2 aromatic rings. The van der Waals surface area contributed by atoms with Crippen molar-refractivity contribution in [2.24, 2.45) is 5.16 Å². The minimum atomic E-state index is 0.647. The van der Waals surface area contributed by atoms with Crippen molar-refractivity contribution in [2.45, 2.75) is 26.2 Å². The minimum Gasteiger partial charge on any atom is -0.493 e. The third kappa shape index (κ3) is 4.35. The molecule has 21 heavy (non-hydrogen) atoms. The van der Waals surface area contributed by atoms with Crippen LogP contribution in [0.5, 0.6) is 5.75 Å². The second-order valence-electron chi connectivity index (χ2n) is 4.83. The molecule has 0 atom stereocenters. The molecule has 0 spiro atoms. The lowest BCUT2D eigenvalue weighted by molar-refractivity contribution is 0.307. The second kappa shape index (κ2) is 8.10. The molecule has 0 aromatic heterocycles. The lowest BCUT2D eigenvalue weighted by Gasteiger charge is -2.11. The van der Waals surface area contributed by atoms with Crippen molar-refractivity contribution in [2.75, 3.05) is 6.61 Å². The van der Waals surface area contributed by atoms with E-state index >= 15 is 0 Å². The molecule has 0 aliphatic carbocycles. The van der Waals surface area contributed by atoms with E-state index in [0.29, 0.717) is 18.7 Å². The van der Waals surface area contributed by atoms with Crippen LogP contribution in [0, 0.1) is 0 Å². The Morgan fingerprint density at radius 3 is 2.48 bits per heavy atom. The van der Waals surface area contributed by atoms with E-state index in [1.54, 1.807) is 0 Å². The summed E-state index contributed by atoms with van der Waals surface area (Å²) in [6.45, 7) is 2.61. The van der Waals surface area contributed by atoms with Gasteiger partial charge in [-0.1, -0.05) is 54.5 Å². The summed E-state index contributed by atoms with van der Waals surface area (Å²) >= 11 is 0. The van der Waals surface area contributed by atoms with Crippen molar-refractivity contribution in [3.8, 4) is 5.75 Å². The summed E-state index contributed by atoms with van der Waals surface area (Å²) in [5.74, 6) is 0.778. The average Bonchev–Trinajstić information content (AvgIpc) is 2.55. The first-order chi connectivity index (χ1) is 10.3. The van der Waals surface area contributed by atoms with Crippen LogP contribution in [0.3, 0.4) is 0 Å². The van der Waals surface area contributed by atoms with Gasteiger partial charge in [-0.15, -0.1) is 0 Å². The number of hydrogen-bond acceptors (Lipinski definition) is 3. The number of ether oxygens (including phenoxy) is 1. The number of nitrogens with zero attached hydrogens (tertiary/aromatic N) is 1. The van der Waals surface area contributed by atoms with Gasteiger partial charge < -0.3 is 9.94 Å². The Morgan fingerprint density at radius 1 is 1.05 bits per heavy atom. The van der Waals surface area contributed by atoms with Gasteiger partial charge in [0, 0.05) is 5.56 Å². The summed E-state index contributed by atoms with van der Waals surface area (Å²) in [4.78, 5) is 0. The lowest BCUT2D eigenvalue weighted by Crippen LogP contribution is -2.06. The molecular formula is C18H21NO2. The predicted octanol–water partition coefficient (Wildman–Crippen LogP) is 4.29. The van der Waals surface area contributed by atoms with Crippen LogP contribution in [-0.2, 0) is 6.42 Å². The average molecular weight is 283 g/mol. The van der Waals surface area contributed by atoms with Crippen LogP contribution < -0.4 is 4.74 Å². The van der Waals surface area contributed by atoms with Crippen LogP contribution in [0.15, 0.2) is 59.8 Å². The van der Waals surface area contributed by atoms with E-state index in [1.165, 1.54) is 5.56 Å². The molecule has 0 bridgehead atoms. The maximum absolute atomic E-state index is 9.06. The van der Waals surface area contributed by atoms with Gasteiger partial charge in [0.1, 0.15) is 5.75 Å². The fraction of sp³-hybridized carbons (Fsp3) is 0.278.